The van der Waals surface area contributed by atoms with Gasteiger partial charge in [-0.1, -0.05) is 6.92 Å². The molecule has 4 nitrogen and oxygen atoms in total. The first kappa shape index (κ1) is 17.3. The van der Waals surface area contributed by atoms with Gasteiger partial charge in [0, 0.05) is 18.6 Å². The van der Waals surface area contributed by atoms with E-state index in [1.807, 2.05) is 34.6 Å². The van der Waals surface area contributed by atoms with Gasteiger partial charge in [-0.15, -0.1) is 0 Å². The van der Waals surface area contributed by atoms with Crippen LogP contribution in [0.1, 0.15) is 34.6 Å². The molecule has 6 heteroatoms. The lowest BCUT2D eigenvalue weighted by molar-refractivity contribution is 0.00578. The zero-order valence-corrected chi connectivity index (χ0v) is 13.9. The number of halogens is 1. The third kappa shape index (κ3) is 3.62. The monoisotopic (exact) mass is 310 g/mol. The van der Waals surface area contributed by atoms with Crippen LogP contribution in [0.2, 0.25) is 0 Å². The average Bonchev–Trinajstić information content (AvgIpc) is 2.64. The van der Waals surface area contributed by atoms with E-state index in [9.17, 15) is 4.39 Å². The van der Waals surface area contributed by atoms with Crippen LogP contribution in [0, 0.1) is 11.7 Å². The first-order valence-electron chi connectivity index (χ1n) is 7.54. The summed E-state index contributed by atoms with van der Waals surface area (Å²) in [5.41, 5.74) is -0.363. The molecule has 0 spiro atoms. The molecule has 1 atom stereocenters. The van der Waals surface area contributed by atoms with Crippen LogP contribution in [-0.2, 0) is 9.31 Å². The van der Waals surface area contributed by atoms with E-state index in [1.165, 1.54) is 12.1 Å². The van der Waals surface area contributed by atoms with Gasteiger partial charge in [-0.2, -0.15) is 0 Å². The smallest absolute Gasteiger partial charge is 0.493 e. The second-order valence-electron chi connectivity index (χ2n) is 6.91. The molecular weight excluding hydrogens is 286 g/mol. The van der Waals surface area contributed by atoms with Crippen molar-refractivity contribution in [3.05, 3.63) is 24.0 Å². The van der Waals surface area contributed by atoms with Crippen molar-refractivity contribution < 1.29 is 23.5 Å². The molecule has 0 radical (unpaired) electrons. The Hall–Kier alpha value is -1.11. The zero-order valence-electron chi connectivity index (χ0n) is 13.9. The van der Waals surface area contributed by atoms with Gasteiger partial charge in [-0.05, 0) is 45.3 Å². The lowest BCUT2D eigenvalue weighted by Crippen LogP contribution is -2.41. The highest BCUT2D eigenvalue weighted by atomic mass is 19.1. The molecule has 1 saturated heterocycles. The number of ether oxygens (including phenoxy) is 1. The van der Waals surface area contributed by atoms with E-state index in [2.05, 4.69) is 0 Å². The van der Waals surface area contributed by atoms with Gasteiger partial charge in [0.15, 0.2) is 0 Å². The number of aliphatic hydroxyl groups excluding tert-OH is 1. The summed E-state index contributed by atoms with van der Waals surface area (Å²) in [4.78, 5) is 0. The van der Waals surface area contributed by atoms with Gasteiger partial charge in [0.05, 0.1) is 17.8 Å². The van der Waals surface area contributed by atoms with Crippen molar-refractivity contribution in [3.8, 4) is 5.75 Å². The van der Waals surface area contributed by atoms with Crippen LogP contribution in [0.5, 0.6) is 5.75 Å². The Morgan fingerprint density at radius 2 is 1.77 bits per heavy atom. The van der Waals surface area contributed by atoms with Crippen LogP contribution in [-0.4, -0.2) is 36.6 Å². The van der Waals surface area contributed by atoms with E-state index in [0.29, 0.717) is 17.8 Å². The second-order valence-corrected chi connectivity index (χ2v) is 6.91. The molecule has 1 fully saturated rings. The fraction of sp³-hybridized carbons (Fsp3) is 0.625. The third-order valence-corrected chi connectivity index (χ3v) is 4.27. The van der Waals surface area contributed by atoms with Crippen LogP contribution in [0.15, 0.2) is 18.2 Å². The first-order chi connectivity index (χ1) is 10.1. The van der Waals surface area contributed by atoms with Crippen LogP contribution in [0.3, 0.4) is 0 Å². The SMILES string of the molecule is CC(CO)COc1cc(F)cc(B2OC(C)(C)C(C)(C)O2)c1. The number of hydrogen-bond donors (Lipinski definition) is 1. The van der Waals surface area contributed by atoms with Gasteiger partial charge in [-0.3, -0.25) is 0 Å². The van der Waals surface area contributed by atoms with Crippen molar-refractivity contribution in [1.29, 1.82) is 0 Å². The number of hydrogen-bond acceptors (Lipinski definition) is 4. The van der Waals surface area contributed by atoms with Crippen molar-refractivity contribution in [2.24, 2.45) is 5.92 Å². The molecule has 122 valence electrons. The lowest BCUT2D eigenvalue weighted by Gasteiger charge is -2.32. The lowest BCUT2D eigenvalue weighted by atomic mass is 9.79. The number of aliphatic hydroxyl groups is 1. The third-order valence-electron chi connectivity index (χ3n) is 4.27. The summed E-state index contributed by atoms with van der Waals surface area (Å²) in [6.07, 6.45) is 0. The van der Waals surface area contributed by atoms with E-state index in [-0.39, 0.29) is 12.5 Å². The van der Waals surface area contributed by atoms with E-state index < -0.39 is 24.1 Å². The molecule has 1 heterocycles. The summed E-state index contributed by atoms with van der Waals surface area (Å²) < 4.78 is 31.2. The van der Waals surface area contributed by atoms with Crippen LogP contribution in [0.25, 0.3) is 0 Å². The largest absolute Gasteiger partial charge is 0.495 e. The molecule has 0 saturated carbocycles. The predicted octanol–water partition coefficient (Wildman–Crippen LogP) is 2.13. The Labute approximate surface area is 131 Å². The molecule has 2 rings (SSSR count). The number of rotatable bonds is 5. The highest BCUT2D eigenvalue weighted by molar-refractivity contribution is 6.62. The van der Waals surface area contributed by atoms with Gasteiger partial charge in [-0.25, -0.2) is 4.39 Å². The first-order valence-corrected chi connectivity index (χ1v) is 7.54. The van der Waals surface area contributed by atoms with E-state index in [4.69, 9.17) is 19.2 Å². The molecule has 1 N–H and O–H groups in total. The van der Waals surface area contributed by atoms with E-state index >= 15 is 0 Å². The van der Waals surface area contributed by atoms with Crippen LogP contribution < -0.4 is 10.2 Å². The van der Waals surface area contributed by atoms with Crippen molar-refractivity contribution in [2.45, 2.75) is 45.8 Å². The Morgan fingerprint density at radius 1 is 1.18 bits per heavy atom. The van der Waals surface area contributed by atoms with Crippen molar-refractivity contribution in [2.75, 3.05) is 13.2 Å². The summed E-state index contributed by atoms with van der Waals surface area (Å²) in [6.45, 7) is 10.0. The van der Waals surface area contributed by atoms with Gasteiger partial charge in [0.25, 0.3) is 0 Å². The zero-order chi connectivity index (χ0) is 16.5. The van der Waals surface area contributed by atoms with Crippen LogP contribution >= 0.6 is 0 Å². The minimum atomic E-state index is -0.627. The normalized spacial score (nSPS) is 21.0. The Kier molecular flexibility index (Phi) is 4.85. The molecule has 1 unspecified atom stereocenters. The Bertz CT molecular complexity index is 517. The fourth-order valence-corrected chi connectivity index (χ4v) is 2.07. The van der Waals surface area contributed by atoms with Crippen molar-refractivity contribution in [3.63, 3.8) is 0 Å². The standard InChI is InChI=1S/C16H24BFO4/c1-11(9-19)10-20-14-7-12(6-13(18)8-14)17-21-15(2,3)16(4,5)22-17/h6-8,11,19H,9-10H2,1-5H3. The summed E-state index contributed by atoms with van der Waals surface area (Å²) >= 11 is 0. The molecule has 1 aliphatic heterocycles. The predicted molar refractivity (Wildman–Crippen MR) is 83.9 cm³/mol. The summed E-state index contributed by atoms with van der Waals surface area (Å²) in [5.74, 6) is -0.00700. The summed E-state index contributed by atoms with van der Waals surface area (Å²) in [5, 5.41) is 9.02. The quantitative estimate of drug-likeness (QED) is 0.847. The maximum absolute atomic E-state index is 13.8. The minimum absolute atomic E-state index is 0.0106. The molecule has 0 bridgehead atoms. The molecule has 22 heavy (non-hydrogen) atoms. The Morgan fingerprint density at radius 3 is 2.32 bits per heavy atom. The van der Waals surface area contributed by atoms with Crippen molar-refractivity contribution in [1.82, 2.24) is 0 Å². The van der Waals surface area contributed by atoms with Gasteiger partial charge in [0.2, 0.25) is 0 Å². The van der Waals surface area contributed by atoms with Crippen LogP contribution in [0.4, 0.5) is 4.39 Å². The molecule has 1 aromatic rings. The topological polar surface area (TPSA) is 47.9 Å². The highest BCUT2D eigenvalue weighted by Gasteiger charge is 2.51. The molecule has 0 aromatic heterocycles. The van der Waals surface area contributed by atoms with Gasteiger partial charge in [0.1, 0.15) is 11.6 Å². The van der Waals surface area contributed by atoms with Gasteiger partial charge >= 0.3 is 7.12 Å². The number of benzene rings is 1. The fourth-order valence-electron chi connectivity index (χ4n) is 2.07. The van der Waals surface area contributed by atoms with E-state index in [0.717, 1.165) is 0 Å². The molecule has 1 aliphatic rings. The van der Waals surface area contributed by atoms with Crippen molar-refractivity contribution >= 4 is 12.6 Å². The van der Waals surface area contributed by atoms with E-state index in [1.54, 1.807) is 6.07 Å². The molecule has 0 amide bonds. The van der Waals surface area contributed by atoms with Gasteiger partial charge < -0.3 is 19.2 Å². The maximum atomic E-state index is 13.8. The molecule has 0 aliphatic carbocycles. The Balaban J connectivity index is 2.17. The maximum Gasteiger partial charge on any atom is 0.495 e. The summed E-state index contributed by atoms with van der Waals surface area (Å²) in [7, 11) is -0.627. The minimum Gasteiger partial charge on any atom is -0.493 e. The summed E-state index contributed by atoms with van der Waals surface area (Å²) in [6, 6.07) is 4.43. The highest BCUT2D eigenvalue weighted by Crippen LogP contribution is 2.36. The molecule has 1 aromatic carbocycles. The second kappa shape index (κ2) is 6.18. The average molecular weight is 310 g/mol. The molecular formula is C16H24BFO4.